The van der Waals surface area contributed by atoms with Crippen molar-refractivity contribution in [3.05, 3.63) is 29.8 Å². The van der Waals surface area contributed by atoms with Crippen molar-refractivity contribution in [3.8, 4) is 0 Å². The molecule has 0 bridgehead atoms. The fraction of sp³-hybridized carbons (Fsp3) is 0.579. The highest BCUT2D eigenvalue weighted by Crippen LogP contribution is 2.31. The van der Waals surface area contributed by atoms with Crippen LogP contribution in [0, 0.1) is 5.92 Å². The molecule has 1 fully saturated rings. The Morgan fingerprint density at radius 2 is 1.96 bits per heavy atom. The van der Waals surface area contributed by atoms with Crippen LogP contribution in [0.1, 0.15) is 50.4 Å². The average molecular weight is 332 g/mol. The monoisotopic (exact) mass is 332 g/mol. The van der Waals surface area contributed by atoms with Gasteiger partial charge >= 0.3 is 5.97 Å². The second kappa shape index (κ2) is 8.29. The fourth-order valence-corrected chi connectivity index (χ4v) is 2.92. The van der Waals surface area contributed by atoms with Crippen LogP contribution in [0.5, 0.6) is 0 Å². The van der Waals surface area contributed by atoms with Crippen molar-refractivity contribution in [3.63, 3.8) is 0 Å². The maximum Gasteiger partial charge on any atom is 0.339 e. The number of nitrogens with one attached hydrogen (secondary N) is 1. The average Bonchev–Trinajstić information content (AvgIpc) is 3.43. The van der Waals surface area contributed by atoms with Crippen LogP contribution in [-0.4, -0.2) is 42.5 Å². The Balaban J connectivity index is 2.05. The van der Waals surface area contributed by atoms with E-state index in [4.69, 9.17) is 4.74 Å². The number of carbonyl (C=O) groups is 2. The van der Waals surface area contributed by atoms with Gasteiger partial charge in [-0.25, -0.2) is 4.79 Å². The van der Waals surface area contributed by atoms with Gasteiger partial charge in [-0.1, -0.05) is 32.4 Å². The Morgan fingerprint density at radius 1 is 1.29 bits per heavy atom. The minimum Gasteiger partial charge on any atom is -0.465 e. The predicted octanol–water partition coefficient (Wildman–Crippen LogP) is 3.31. The lowest BCUT2D eigenvalue weighted by atomic mass is 9.99. The van der Waals surface area contributed by atoms with Crippen molar-refractivity contribution in [2.45, 2.75) is 52.1 Å². The Labute approximate surface area is 144 Å². The third kappa shape index (κ3) is 4.57. The zero-order valence-corrected chi connectivity index (χ0v) is 15.0. The number of para-hydroxylation sites is 1. The molecule has 1 amide bonds. The van der Waals surface area contributed by atoms with Gasteiger partial charge in [-0.15, -0.1) is 0 Å². The summed E-state index contributed by atoms with van der Waals surface area (Å²) in [6.07, 6.45) is 3.41. The van der Waals surface area contributed by atoms with E-state index in [1.165, 1.54) is 7.11 Å². The first-order valence-corrected chi connectivity index (χ1v) is 8.70. The van der Waals surface area contributed by atoms with Crippen LogP contribution >= 0.6 is 0 Å². The van der Waals surface area contributed by atoms with Gasteiger partial charge in [0.25, 0.3) is 0 Å². The molecule has 1 saturated carbocycles. The molecule has 5 nitrogen and oxygen atoms in total. The highest BCUT2D eigenvalue weighted by atomic mass is 16.5. The van der Waals surface area contributed by atoms with Crippen LogP contribution in [0.3, 0.4) is 0 Å². The summed E-state index contributed by atoms with van der Waals surface area (Å²) >= 11 is 0. The molecular formula is C19H28N2O3. The molecule has 1 aromatic rings. The van der Waals surface area contributed by atoms with E-state index in [0.29, 0.717) is 35.8 Å². The maximum atomic E-state index is 12.5. The van der Waals surface area contributed by atoms with E-state index >= 15 is 0 Å². The molecule has 1 aliphatic carbocycles. The van der Waals surface area contributed by atoms with Gasteiger partial charge in [0.1, 0.15) is 0 Å². The van der Waals surface area contributed by atoms with Crippen LogP contribution < -0.4 is 5.32 Å². The number of rotatable bonds is 8. The summed E-state index contributed by atoms with van der Waals surface area (Å²) in [7, 11) is 1.34. The van der Waals surface area contributed by atoms with Gasteiger partial charge in [0.15, 0.2) is 0 Å². The van der Waals surface area contributed by atoms with E-state index in [2.05, 4.69) is 31.0 Å². The molecule has 0 saturated heterocycles. The number of hydrogen-bond donors (Lipinski definition) is 1. The summed E-state index contributed by atoms with van der Waals surface area (Å²) < 4.78 is 4.77. The molecule has 1 aromatic carbocycles. The third-order valence-electron chi connectivity index (χ3n) is 4.94. The lowest BCUT2D eigenvalue weighted by Crippen LogP contribution is -2.43. The Morgan fingerprint density at radius 3 is 2.54 bits per heavy atom. The quantitative estimate of drug-likeness (QED) is 0.742. The summed E-state index contributed by atoms with van der Waals surface area (Å²) in [6, 6.07) is 7.80. The Kier molecular flexibility index (Phi) is 6.37. The van der Waals surface area contributed by atoms with Gasteiger partial charge in [0, 0.05) is 12.1 Å². The molecule has 0 heterocycles. The number of nitrogens with zero attached hydrogens (tertiary/aromatic N) is 1. The molecule has 0 radical (unpaired) electrons. The molecule has 24 heavy (non-hydrogen) atoms. The minimum atomic E-state index is -0.446. The van der Waals surface area contributed by atoms with E-state index < -0.39 is 5.97 Å². The predicted molar refractivity (Wildman–Crippen MR) is 95.1 cm³/mol. The van der Waals surface area contributed by atoms with Crippen molar-refractivity contribution in [1.82, 2.24) is 4.90 Å². The lowest BCUT2D eigenvalue weighted by Gasteiger charge is -2.32. The Hall–Kier alpha value is -1.88. The summed E-state index contributed by atoms with van der Waals surface area (Å²) in [5.41, 5.74) is 0.877. The molecule has 2 rings (SSSR count). The van der Waals surface area contributed by atoms with Crippen molar-refractivity contribution in [2.75, 3.05) is 19.0 Å². The second-order valence-corrected chi connectivity index (χ2v) is 6.61. The molecule has 132 valence electrons. The zero-order valence-electron chi connectivity index (χ0n) is 15.0. The fourth-order valence-electron chi connectivity index (χ4n) is 2.92. The highest BCUT2D eigenvalue weighted by Gasteiger charge is 2.35. The molecule has 0 aliphatic heterocycles. The molecule has 1 N–H and O–H groups in total. The van der Waals surface area contributed by atoms with Gasteiger partial charge in [-0.2, -0.15) is 0 Å². The van der Waals surface area contributed by atoms with Crippen LogP contribution in [0.25, 0.3) is 0 Å². The number of esters is 1. The van der Waals surface area contributed by atoms with Gasteiger partial charge in [0.05, 0.1) is 24.9 Å². The van der Waals surface area contributed by atoms with E-state index in [9.17, 15) is 9.59 Å². The van der Waals surface area contributed by atoms with E-state index in [0.717, 1.165) is 19.3 Å². The third-order valence-corrected chi connectivity index (χ3v) is 4.94. The second-order valence-electron chi connectivity index (χ2n) is 6.61. The summed E-state index contributed by atoms with van der Waals surface area (Å²) in [5.74, 6) is 0.00656. The van der Waals surface area contributed by atoms with Crippen LogP contribution in [0.15, 0.2) is 24.3 Å². The molecule has 5 heteroatoms. The smallest absolute Gasteiger partial charge is 0.339 e. The number of methoxy groups -OCH3 is 1. The number of carbonyl (C=O) groups excluding carboxylic acids is 2. The Bertz CT molecular complexity index is 584. The topological polar surface area (TPSA) is 58.6 Å². The molecule has 0 spiro atoms. The summed E-state index contributed by atoms with van der Waals surface area (Å²) in [4.78, 5) is 26.6. The molecule has 0 aromatic heterocycles. The molecule has 1 aliphatic rings. The van der Waals surface area contributed by atoms with Crippen LogP contribution in [0.4, 0.5) is 5.69 Å². The minimum absolute atomic E-state index is 0.0894. The largest absolute Gasteiger partial charge is 0.465 e. The van der Waals surface area contributed by atoms with Gasteiger partial charge in [-0.3, -0.25) is 9.69 Å². The lowest BCUT2D eigenvalue weighted by molar-refractivity contribution is -0.118. The van der Waals surface area contributed by atoms with Crippen molar-refractivity contribution >= 4 is 17.6 Å². The number of benzene rings is 1. The van der Waals surface area contributed by atoms with Crippen molar-refractivity contribution in [1.29, 1.82) is 0 Å². The normalized spacial score (nSPS) is 16.5. The maximum absolute atomic E-state index is 12.5. The number of anilines is 1. The first-order chi connectivity index (χ1) is 11.5. The number of amides is 1. The van der Waals surface area contributed by atoms with Gasteiger partial charge in [0.2, 0.25) is 5.91 Å². The van der Waals surface area contributed by atoms with Gasteiger partial charge in [-0.05, 0) is 37.8 Å². The first-order valence-electron chi connectivity index (χ1n) is 8.70. The van der Waals surface area contributed by atoms with Crippen molar-refractivity contribution in [2.24, 2.45) is 5.92 Å². The van der Waals surface area contributed by atoms with E-state index in [-0.39, 0.29) is 5.91 Å². The number of ether oxygens (including phenoxy) is 1. The highest BCUT2D eigenvalue weighted by molar-refractivity contribution is 6.01. The van der Waals surface area contributed by atoms with Crippen LogP contribution in [-0.2, 0) is 9.53 Å². The van der Waals surface area contributed by atoms with E-state index in [1.807, 2.05) is 0 Å². The van der Waals surface area contributed by atoms with E-state index in [1.54, 1.807) is 24.3 Å². The standard InChI is InChI=1S/C19H28N2O3/c1-5-13(2)14(3)21(15-10-11-15)12-18(22)20-17-9-7-6-8-16(17)19(23)24-4/h6-9,13-15H,5,10-12H2,1-4H3,(H,20,22). The zero-order chi connectivity index (χ0) is 17.7. The first kappa shape index (κ1) is 18.5. The molecule has 2 unspecified atom stereocenters. The summed E-state index contributed by atoms with van der Waals surface area (Å²) in [6.45, 7) is 6.96. The van der Waals surface area contributed by atoms with Gasteiger partial charge < -0.3 is 10.1 Å². The number of hydrogen-bond acceptors (Lipinski definition) is 4. The van der Waals surface area contributed by atoms with Crippen molar-refractivity contribution < 1.29 is 14.3 Å². The SMILES string of the molecule is CCC(C)C(C)N(CC(=O)Nc1ccccc1C(=O)OC)C1CC1. The summed E-state index contributed by atoms with van der Waals surface area (Å²) in [5, 5.41) is 2.87. The molecule has 2 atom stereocenters. The van der Waals surface area contributed by atoms with Crippen LogP contribution in [0.2, 0.25) is 0 Å². The molecular weight excluding hydrogens is 304 g/mol.